The third kappa shape index (κ3) is 0.878. The molecule has 0 aliphatic heterocycles. The van der Waals surface area contributed by atoms with Crippen molar-refractivity contribution in [1.82, 2.24) is 5.32 Å². The molecule has 1 N–H and O–H groups in total. The topological polar surface area (TPSA) is 12.0 Å². The second kappa shape index (κ2) is 2.23. The highest BCUT2D eigenvalue weighted by molar-refractivity contribution is 5.07. The first-order valence-electron chi connectivity index (χ1n) is 4.55. The van der Waals surface area contributed by atoms with E-state index in [0.29, 0.717) is 0 Å². The molecule has 2 aliphatic rings. The second-order valence-corrected chi connectivity index (χ2v) is 3.97. The summed E-state index contributed by atoms with van der Waals surface area (Å²) >= 11 is 0. The molecule has 0 bridgehead atoms. The monoisotopic (exact) mass is 139 g/mol. The van der Waals surface area contributed by atoms with Crippen LogP contribution in [0.15, 0.2) is 0 Å². The molecular formula is C9H17N. The summed E-state index contributed by atoms with van der Waals surface area (Å²) in [4.78, 5) is 0. The van der Waals surface area contributed by atoms with Gasteiger partial charge in [-0.05, 0) is 31.7 Å². The Morgan fingerprint density at radius 2 is 1.90 bits per heavy atom. The second-order valence-electron chi connectivity index (χ2n) is 3.97. The van der Waals surface area contributed by atoms with E-state index in [2.05, 4.69) is 12.4 Å². The highest BCUT2D eigenvalue weighted by Gasteiger charge is 2.52. The van der Waals surface area contributed by atoms with Gasteiger partial charge in [0, 0.05) is 6.04 Å². The SMILES string of the molecule is CNC1CC12CCCCC2. The highest BCUT2D eigenvalue weighted by Crippen LogP contribution is 2.55. The molecule has 2 aliphatic carbocycles. The van der Waals surface area contributed by atoms with Crippen LogP contribution in [0.25, 0.3) is 0 Å². The molecule has 1 nitrogen and oxygen atoms in total. The van der Waals surface area contributed by atoms with Crippen LogP contribution in [0, 0.1) is 5.41 Å². The summed E-state index contributed by atoms with van der Waals surface area (Å²) in [6.45, 7) is 0. The molecule has 0 saturated heterocycles. The summed E-state index contributed by atoms with van der Waals surface area (Å²) < 4.78 is 0. The van der Waals surface area contributed by atoms with Gasteiger partial charge in [-0.2, -0.15) is 0 Å². The van der Waals surface area contributed by atoms with Crippen molar-refractivity contribution in [3.63, 3.8) is 0 Å². The van der Waals surface area contributed by atoms with Crippen molar-refractivity contribution in [2.45, 2.75) is 44.6 Å². The first-order chi connectivity index (χ1) is 4.87. The smallest absolute Gasteiger partial charge is 0.0127 e. The van der Waals surface area contributed by atoms with E-state index in [1.54, 1.807) is 0 Å². The fraction of sp³-hybridized carbons (Fsp3) is 1.00. The van der Waals surface area contributed by atoms with E-state index in [0.717, 1.165) is 11.5 Å². The normalized spacial score (nSPS) is 36.3. The molecule has 0 radical (unpaired) electrons. The van der Waals surface area contributed by atoms with Crippen LogP contribution in [-0.4, -0.2) is 13.1 Å². The molecule has 0 aromatic rings. The van der Waals surface area contributed by atoms with Crippen molar-refractivity contribution in [1.29, 1.82) is 0 Å². The minimum Gasteiger partial charge on any atom is -0.316 e. The van der Waals surface area contributed by atoms with Gasteiger partial charge in [-0.15, -0.1) is 0 Å². The maximum atomic E-state index is 3.40. The molecule has 1 unspecified atom stereocenters. The summed E-state index contributed by atoms with van der Waals surface area (Å²) in [5.74, 6) is 0. The zero-order valence-corrected chi connectivity index (χ0v) is 6.82. The zero-order valence-electron chi connectivity index (χ0n) is 6.82. The lowest BCUT2D eigenvalue weighted by Gasteiger charge is -2.21. The van der Waals surface area contributed by atoms with Gasteiger partial charge in [0.1, 0.15) is 0 Å². The Labute approximate surface area is 63.2 Å². The van der Waals surface area contributed by atoms with Crippen LogP contribution in [0.4, 0.5) is 0 Å². The number of hydrogen-bond donors (Lipinski definition) is 1. The van der Waals surface area contributed by atoms with E-state index in [1.807, 2.05) is 0 Å². The van der Waals surface area contributed by atoms with E-state index >= 15 is 0 Å². The first-order valence-corrected chi connectivity index (χ1v) is 4.55. The van der Waals surface area contributed by atoms with Gasteiger partial charge >= 0.3 is 0 Å². The molecule has 1 atom stereocenters. The van der Waals surface area contributed by atoms with E-state index in [9.17, 15) is 0 Å². The highest BCUT2D eigenvalue weighted by atomic mass is 15.0. The summed E-state index contributed by atoms with van der Waals surface area (Å²) in [5.41, 5.74) is 0.785. The average Bonchev–Trinajstić information content (AvgIpc) is 2.65. The molecule has 1 heteroatoms. The lowest BCUT2D eigenvalue weighted by molar-refractivity contribution is 0.317. The maximum Gasteiger partial charge on any atom is 0.0127 e. The zero-order chi connectivity index (χ0) is 7.03. The molecule has 0 aromatic heterocycles. The first kappa shape index (κ1) is 6.66. The molecule has 2 fully saturated rings. The largest absolute Gasteiger partial charge is 0.316 e. The van der Waals surface area contributed by atoms with Crippen molar-refractivity contribution in [3.05, 3.63) is 0 Å². The van der Waals surface area contributed by atoms with Crippen molar-refractivity contribution in [2.75, 3.05) is 7.05 Å². The van der Waals surface area contributed by atoms with Crippen LogP contribution in [0.3, 0.4) is 0 Å². The van der Waals surface area contributed by atoms with Gasteiger partial charge in [0.25, 0.3) is 0 Å². The van der Waals surface area contributed by atoms with Gasteiger partial charge in [0.2, 0.25) is 0 Å². The van der Waals surface area contributed by atoms with Gasteiger partial charge in [-0.3, -0.25) is 0 Å². The van der Waals surface area contributed by atoms with Crippen molar-refractivity contribution in [2.24, 2.45) is 5.41 Å². The Kier molecular flexibility index (Phi) is 1.48. The van der Waals surface area contributed by atoms with Crippen LogP contribution in [0.5, 0.6) is 0 Å². The summed E-state index contributed by atoms with van der Waals surface area (Å²) in [6.07, 6.45) is 8.91. The summed E-state index contributed by atoms with van der Waals surface area (Å²) in [7, 11) is 2.11. The standard InChI is InChI=1S/C9H17N/c1-10-8-7-9(8)5-3-2-4-6-9/h8,10H,2-7H2,1H3. The molecule has 0 amide bonds. The van der Waals surface area contributed by atoms with Gasteiger partial charge in [-0.25, -0.2) is 0 Å². The van der Waals surface area contributed by atoms with Crippen LogP contribution < -0.4 is 5.32 Å². The van der Waals surface area contributed by atoms with Gasteiger partial charge < -0.3 is 5.32 Å². The predicted octanol–water partition coefficient (Wildman–Crippen LogP) is 1.93. The quantitative estimate of drug-likeness (QED) is 0.585. The van der Waals surface area contributed by atoms with E-state index in [-0.39, 0.29) is 0 Å². The predicted molar refractivity (Wildman–Crippen MR) is 43.0 cm³/mol. The fourth-order valence-electron chi connectivity index (χ4n) is 2.56. The average molecular weight is 139 g/mol. The third-order valence-electron chi connectivity index (χ3n) is 3.39. The van der Waals surface area contributed by atoms with E-state index in [1.165, 1.54) is 38.5 Å². The van der Waals surface area contributed by atoms with Crippen LogP contribution >= 0.6 is 0 Å². The lowest BCUT2D eigenvalue weighted by atomic mass is 9.86. The Bertz CT molecular complexity index is 125. The Morgan fingerprint density at radius 3 is 2.40 bits per heavy atom. The maximum absolute atomic E-state index is 3.40. The Hall–Kier alpha value is -0.0400. The molecule has 10 heavy (non-hydrogen) atoms. The van der Waals surface area contributed by atoms with Gasteiger partial charge in [0.15, 0.2) is 0 Å². The van der Waals surface area contributed by atoms with Crippen LogP contribution in [-0.2, 0) is 0 Å². The third-order valence-corrected chi connectivity index (χ3v) is 3.39. The van der Waals surface area contributed by atoms with Crippen molar-refractivity contribution < 1.29 is 0 Å². The minimum atomic E-state index is 0.785. The molecule has 58 valence electrons. The fourth-order valence-corrected chi connectivity index (χ4v) is 2.56. The Balaban J connectivity index is 1.92. The number of hydrogen-bond acceptors (Lipinski definition) is 1. The molecular weight excluding hydrogens is 122 g/mol. The van der Waals surface area contributed by atoms with E-state index in [4.69, 9.17) is 0 Å². The Morgan fingerprint density at radius 1 is 1.20 bits per heavy atom. The van der Waals surface area contributed by atoms with Gasteiger partial charge in [-0.1, -0.05) is 19.3 Å². The number of nitrogens with one attached hydrogen (secondary N) is 1. The molecule has 2 rings (SSSR count). The van der Waals surface area contributed by atoms with Crippen LogP contribution in [0.2, 0.25) is 0 Å². The molecule has 0 aromatic carbocycles. The molecule has 2 saturated carbocycles. The van der Waals surface area contributed by atoms with Crippen molar-refractivity contribution >= 4 is 0 Å². The molecule has 1 spiro atoms. The lowest BCUT2D eigenvalue weighted by Crippen LogP contribution is -2.20. The van der Waals surface area contributed by atoms with Crippen LogP contribution in [0.1, 0.15) is 38.5 Å². The summed E-state index contributed by atoms with van der Waals surface area (Å²) in [6, 6.07) is 0.882. The molecule has 0 heterocycles. The number of rotatable bonds is 1. The van der Waals surface area contributed by atoms with Gasteiger partial charge in [0.05, 0.1) is 0 Å². The summed E-state index contributed by atoms with van der Waals surface area (Å²) in [5, 5.41) is 3.40. The van der Waals surface area contributed by atoms with E-state index < -0.39 is 0 Å². The minimum absolute atomic E-state index is 0.785. The van der Waals surface area contributed by atoms with Crippen molar-refractivity contribution in [3.8, 4) is 0 Å².